The minimum Gasteiger partial charge on any atom is -0.616 e. The second-order valence-electron chi connectivity index (χ2n) is 3.28. The first-order valence-electron chi connectivity index (χ1n) is 4.68. The third-order valence-electron chi connectivity index (χ3n) is 2.03. The van der Waals surface area contributed by atoms with E-state index in [0.717, 1.165) is 5.56 Å². The molecule has 0 fully saturated rings. The van der Waals surface area contributed by atoms with E-state index in [9.17, 15) is 5.21 Å². The van der Waals surface area contributed by atoms with Crippen LogP contribution in [0, 0.1) is 12.1 Å². The van der Waals surface area contributed by atoms with Crippen LogP contribution in [0.5, 0.6) is 11.6 Å². The molecule has 3 heteroatoms. The van der Waals surface area contributed by atoms with Crippen molar-refractivity contribution in [1.82, 2.24) is 0 Å². The largest absolute Gasteiger partial charge is 0.616 e. The molecule has 1 aromatic heterocycles. The van der Waals surface area contributed by atoms with Gasteiger partial charge in [0.15, 0.2) is 6.20 Å². The predicted octanol–water partition coefficient (Wildman–Crippen LogP) is 2.42. The monoisotopic (exact) mass is 201 g/mol. The molecule has 0 aliphatic rings. The van der Waals surface area contributed by atoms with Crippen molar-refractivity contribution in [3.8, 4) is 11.6 Å². The van der Waals surface area contributed by atoms with E-state index in [1.807, 2.05) is 31.2 Å². The van der Waals surface area contributed by atoms with Gasteiger partial charge in [0.1, 0.15) is 5.75 Å². The molecule has 0 spiro atoms. The first-order chi connectivity index (χ1) is 7.25. The summed E-state index contributed by atoms with van der Waals surface area (Å²) in [6, 6.07) is 12.6. The summed E-state index contributed by atoms with van der Waals surface area (Å²) in [4.78, 5) is 0. The summed E-state index contributed by atoms with van der Waals surface area (Å²) in [6.45, 7) is 2.00. The third kappa shape index (κ3) is 2.26. The maximum Gasteiger partial charge on any atom is 0.384 e. The molecule has 0 amide bonds. The maximum atomic E-state index is 11.3. The lowest BCUT2D eigenvalue weighted by Gasteiger charge is -2.05. The fourth-order valence-corrected chi connectivity index (χ4v) is 1.22. The predicted molar refractivity (Wildman–Crippen MR) is 56.7 cm³/mol. The van der Waals surface area contributed by atoms with Crippen molar-refractivity contribution < 1.29 is 9.47 Å². The minimum atomic E-state index is 0.279. The second kappa shape index (κ2) is 4.00. The first kappa shape index (κ1) is 9.52. The van der Waals surface area contributed by atoms with Crippen molar-refractivity contribution in [2.24, 2.45) is 0 Å². The Labute approximate surface area is 88.1 Å². The molecule has 76 valence electrons. The molecule has 3 nitrogen and oxygen atoms in total. The van der Waals surface area contributed by atoms with Crippen molar-refractivity contribution in [1.29, 1.82) is 0 Å². The van der Waals surface area contributed by atoms with Crippen LogP contribution in [0.15, 0.2) is 48.7 Å². The average Bonchev–Trinajstić information content (AvgIpc) is 2.25. The number of ether oxygens (including phenoxy) is 1. The van der Waals surface area contributed by atoms with Crippen LogP contribution in [0.1, 0.15) is 5.56 Å². The molecular formula is C12H11NO2. The second-order valence-corrected chi connectivity index (χ2v) is 3.28. The van der Waals surface area contributed by atoms with Crippen LogP contribution >= 0.6 is 0 Å². The van der Waals surface area contributed by atoms with Gasteiger partial charge in [-0.2, -0.15) is 0 Å². The zero-order chi connectivity index (χ0) is 10.7. The van der Waals surface area contributed by atoms with Crippen molar-refractivity contribution in [3.05, 3.63) is 59.4 Å². The number of benzene rings is 1. The zero-order valence-electron chi connectivity index (χ0n) is 8.38. The Bertz CT molecular complexity index is 451. The highest BCUT2D eigenvalue weighted by atomic mass is 16.6. The maximum absolute atomic E-state index is 11.3. The summed E-state index contributed by atoms with van der Waals surface area (Å²) in [5, 5.41) is 11.3. The summed E-state index contributed by atoms with van der Waals surface area (Å²) in [7, 11) is 0. The van der Waals surface area contributed by atoms with Gasteiger partial charge >= 0.3 is 5.88 Å². The van der Waals surface area contributed by atoms with E-state index in [1.54, 1.807) is 18.2 Å². The van der Waals surface area contributed by atoms with Gasteiger partial charge in [-0.05, 0) is 25.1 Å². The van der Waals surface area contributed by atoms with Gasteiger partial charge in [-0.3, -0.25) is 0 Å². The summed E-state index contributed by atoms with van der Waals surface area (Å²) in [5.74, 6) is 0.942. The Morgan fingerprint density at radius 2 is 1.80 bits per heavy atom. The van der Waals surface area contributed by atoms with E-state index in [-0.39, 0.29) is 5.88 Å². The van der Waals surface area contributed by atoms with Crippen LogP contribution < -0.4 is 9.47 Å². The van der Waals surface area contributed by atoms with Crippen molar-refractivity contribution in [2.45, 2.75) is 6.92 Å². The Hall–Kier alpha value is -2.03. The average molecular weight is 201 g/mol. The molecule has 15 heavy (non-hydrogen) atoms. The van der Waals surface area contributed by atoms with Crippen LogP contribution in [0.3, 0.4) is 0 Å². The fourth-order valence-electron chi connectivity index (χ4n) is 1.22. The van der Waals surface area contributed by atoms with E-state index < -0.39 is 0 Å². The lowest BCUT2D eigenvalue weighted by atomic mass is 10.2. The van der Waals surface area contributed by atoms with Gasteiger partial charge in [-0.15, -0.1) is 4.73 Å². The molecule has 1 aromatic carbocycles. The number of nitrogens with zero attached hydrogens (tertiary/aromatic N) is 1. The third-order valence-corrected chi connectivity index (χ3v) is 2.03. The number of aryl methyl sites for hydroxylation is 1. The van der Waals surface area contributed by atoms with Crippen molar-refractivity contribution in [3.63, 3.8) is 0 Å². The van der Waals surface area contributed by atoms with Gasteiger partial charge in [-0.25, -0.2) is 0 Å². The van der Waals surface area contributed by atoms with E-state index >= 15 is 0 Å². The summed E-state index contributed by atoms with van der Waals surface area (Å²) in [6.07, 6.45) is 1.41. The van der Waals surface area contributed by atoms with Gasteiger partial charge in [0, 0.05) is 6.07 Å². The molecule has 0 N–H and O–H groups in total. The Morgan fingerprint density at radius 1 is 1.07 bits per heavy atom. The molecule has 2 rings (SSSR count). The van der Waals surface area contributed by atoms with Crippen LogP contribution in [-0.2, 0) is 0 Å². The van der Waals surface area contributed by atoms with E-state index in [0.29, 0.717) is 10.5 Å². The van der Waals surface area contributed by atoms with Crippen LogP contribution in [0.4, 0.5) is 0 Å². The number of pyridine rings is 1. The summed E-state index contributed by atoms with van der Waals surface area (Å²) >= 11 is 0. The molecule has 0 saturated heterocycles. The molecule has 0 radical (unpaired) electrons. The molecular weight excluding hydrogens is 190 g/mol. The number of hydrogen-bond donors (Lipinski definition) is 0. The lowest BCUT2D eigenvalue weighted by Crippen LogP contribution is -2.26. The van der Waals surface area contributed by atoms with Gasteiger partial charge in [0.05, 0.1) is 6.07 Å². The van der Waals surface area contributed by atoms with Crippen LogP contribution in [0.25, 0.3) is 0 Å². The Kier molecular flexibility index (Phi) is 2.54. The summed E-state index contributed by atoms with van der Waals surface area (Å²) in [5.41, 5.74) is 1.16. The Morgan fingerprint density at radius 3 is 2.47 bits per heavy atom. The van der Waals surface area contributed by atoms with E-state index in [2.05, 4.69) is 0 Å². The smallest absolute Gasteiger partial charge is 0.384 e. The molecule has 0 unspecified atom stereocenters. The van der Waals surface area contributed by atoms with Gasteiger partial charge in [0.25, 0.3) is 0 Å². The van der Waals surface area contributed by atoms with Crippen LogP contribution in [0.2, 0.25) is 0 Å². The first-order valence-corrected chi connectivity index (χ1v) is 4.68. The highest BCUT2D eigenvalue weighted by molar-refractivity contribution is 5.28. The molecule has 0 saturated carbocycles. The number of rotatable bonds is 2. The van der Waals surface area contributed by atoms with E-state index in [4.69, 9.17) is 4.74 Å². The summed E-state index contributed by atoms with van der Waals surface area (Å²) < 4.78 is 6.11. The fraction of sp³-hybridized carbons (Fsp3) is 0.0833. The number of hydrogen-bond acceptors (Lipinski definition) is 2. The normalized spacial score (nSPS) is 9.93. The molecule has 0 atom stereocenters. The molecule has 2 aromatic rings. The van der Waals surface area contributed by atoms with Crippen molar-refractivity contribution >= 4 is 0 Å². The molecule has 0 aliphatic carbocycles. The molecule has 0 aliphatic heterocycles. The number of aromatic nitrogens is 1. The molecule has 0 bridgehead atoms. The standard InChI is InChI=1S/C12H11NO2/c1-10-5-7-11(8-6-10)15-12-4-2-3-9-13(12)14/h2-9H,1H3. The quantitative estimate of drug-likeness (QED) is 0.552. The lowest BCUT2D eigenvalue weighted by molar-refractivity contribution is -0.611. The van der Waals surface area contributed by atoms with Gasteiger partial charge in [0.2, 0.25) is 0 Å². The Balaban J connectivity index is 2.22. The highest BCUT2D eigenvalue weighted by Crippen LogP contribution is 2.17. The SMILES string of the molecule is Cc1ccc(Oc2cccc[n+]2[O-])cc1. The minimum absolute atomic E-state index is 0.279. The zero-order valence-corrected chi connectivity index (χ0v) is 8.38. The van der Waals surface area contributed by atoms with E-state index in [1.165, 1.54) is 6.20 Å². The molecule has 1 heterocycles. The van der Waals surface area contributed by atoms with Gasteiger partial charge < -0.3 is 9.94 Å². The van der Waals surface area contributed by atoms with Crippen LogP contribution in [-0.4, -0.2) is 0 Å². The van der Waals surface area contributed by atoms with Crippen molar-refractivity contribution in [2.75, 3.05) is 0 Å². The van der Waals surface area contributed by atoms with Gasteiger partial charge in [-0.1, -0.05) is 17.7 Å². The highest BCUT2D eigenvalue weighted by Gasteiger charge is 2.05. The topological polar surface area (TPSA) is 36.2 Å².